The van der Waals surface area contributed by atoms with Crippen molar-refractivity contribution in [3.8, 4) is 11.3 Å². The Kier molecular flexibility index (Phi) is 5.88. The second-order valence-corrected chi connectivity index (χ2v) is 8.79. The number of nitrogens with one attached hydrogen (secondary N) is 1. The van der Waals surface area contributed by atoms with E-state index < -0.39 is 0 Å². The summed E-state index contributed by atoms with van der Waals surface area (Å²) >= 11 is 3.46. The van der Waals surface area contributed by atoms with Gasteiger partial charge in [0.25, 0.3) is 0 Å². The summed E-state index contributed by atoms with van der Waals surface area (Å²) in [7, 11) is 0. The second kappa shape index (κ2) is 9.09. The van der Waals surface area contributed by atoms with Crippen LogP contribution in [0.15, 0.2) is 56.5 Å². The summed E-state index contributed by atoms with van der Waals surface area (Å²) in [4.78, 5) is 14.1. The van der Waals surface area contributed by atoms with Gasteiger partial charge in [0.15, 0.2) is 5.82 Å². The Morgan fingerprint density at radius 1 is 0.903 bits per heavy atom. The van der Waals surface area contributed by atoms with E-state index in [0.29, 0.717) is 11.6 Å². The van der Waals surface area contributed by atoms with Gasteiger partial charge in [-0.3, -0.25) is 5.43 Å². The van der Waals surface area contributed by atoms with Crippen LogP contribution in [-0.2, 0) is 0 Å². The first kappa shape index (κ1) is 20.1. The summed E-state index contributed by atoms with van der Waals surface area (Å²) in [6, 6.07) is 13.9. The highest BCUT2D eigenvalue weighted by Gasteiger charge is 2.20. The number of anilines is 3. The molecule has 8 heteroatoms. The van der Waals surface area contributed by atoms with E-state index in [2.05, 4.69) is 36.3 Å². The third-order valence-corrected chi connectivity index (χ3v) is 6.17. The maximum Gasteiger partial charge on any atom is 0.229 e. The fourth-order valence-corrected chi connectivity index (χ4v) is 4.26. The zero-order chi connectivity index (χ0) is 21.0. The van der Waals surface area contributed by atoms with Gasteiger partial charge in [-0.1, -0.05) is 28.1 Å². The van der Waals surface area contributed by atoms with Gasteiger partial charge in [0.05, 0.1) is 6.21 Å². The number of benzene rings is 1. The molecule has 0 radical (unpaired) electrons. The van der Waals surface area contributed by atoms with Crippen LogP contribution in [0.25, 0.3) is 11.3 Å². The lowest BCUT2D eigenvalue weighted by atomic mass is 10.2. The number of hydrazone groups is 1. The number of furan rings is 1. The fourth-order valence-electron chi connectivity index (χ4n) is 4.00. The minimum absolute atomic E-state index is 0.680. The molecular formula is C23H25BrN6O. The van der Waals surface area contributed by atoms with Crippen LogP contribution in [0.1, 0.15) is 31.4 Å². The van der Waals surface area contributed by atoms with Crippen LogP contribution < -0.4 is 15.2 Å². The molecule has 2 aliphatic rings. The Bertz CT molecular complexity index is 1020. The molecule has 0 amide bonds. The molecule has 0 atom stereocenters. The highest BCUT2D eigenvalue weighted by atomic mass is 79.9. The molecule has 160 valence electrons. The molecule has 0 unspecified atom stereocenters. The normalized spacial score (nSPS) is 16.5. The SMILES string of the molecule is Brc1ccc(-c2ccc(/C=N/Nc3cc(N4CCCC4)nc(N4CCCC4)n3)o2)cc1. The van der Waals surface area contributed by atoms with Gasteiger partial charge in [0.2, 0.25) is 5.95 Å². The number of nitrogens with zero attached hydrogens (tertiary/aromatic N) is 5. The monoisotopic (exact) mass is 480 g/mol. The Balaban J connectivity index is 1.32. The van der Waals surface area contributed by atoms with Crippen LogP contribution in [0.2, 0.25) is 0 Å². The van der Waals surface area contributed by atoms with Crippen LogP contribution in [0.5, 0.6) is 0 Å². The number of rotatable bonds is 6. The molecule has 5 rings (SSSR count). The van der Waals surface area contributed by atoms with Gasteiger partial charge < -0.3 is 14.2 Å². The van der Waals surface area contributed by atoms with Gasteiger partial charge in [-0.2, -0.15) is 15.1 Å². The maximum atomic E-state index is 5.90. The van der Waals surface area contributed by atoms with Crippen molar-refractivity contribution in [1.82, 2.24) is 9.97 Å². The highest BCUT2D eigenvalue weighted by molar-refractivity contribution is 9.10. The van der Waals surface area contributed by atoms with E-state index in [0.717, 1.165) is 53.7 Å². The Labute approximate surface area is 190 Å². The summed E-state index contributed by atoms with van der Waals surface area (Å²) in [6.45, 7) is 4.11. The van der Waals surface area contributed by atoms with E-state index in [1.54, 1.807) is 6.21 Å². The first-order chi connectivity index (χ1) is 15.2. The Morgan fingerprint density at radius 3 is 2.35 bits per heavy atom. The van der Waals surface area contributed by atoms with E-state index in [4.69, 9.17) is 14.4 Å². The summed E-state index contributed by atoms with van der Waals surface area (Å²) in [5, 5.41) is 4.36. The average Bonchev–Trinajstić information content (AvgIpc) is 3.57. The van der Waals surface area contributed by atoms with Crippen molar-refractivity contribution in [2.24, 2.45) is 5.10 Å². The lowest BCUT2D eigenvalue weighted by Crippen LogP contribution is -2.24. The Morgan fingerprint density at radius 2 is 1.61 bits per heavy atom. The average molecular weight is 481 g/mol. The van der Waals surface area contributed by atoms with Gasteiger partial charge in [-0.05, 0) is 49.9 Å². The van der Waals surface area contributed by atoms with E-state index >= 15 is 0 Å². The van der Waals surface area contributed by atoms with Crippen LogP contribution in [0.3, 0.4) is 0 Å². The second-order valence-electron chi connectivity index (χ2n) is 7.88. The van der Waals surface area contributed by atoms with Crippen molar-refractivity contribution >= 4 is 39.7 Å². The topological polar surface area (TPSA) is 69.8 Å². The fraction of sp³-hybridized carbons (Fsp3) is 0.348. The summed E-state index contributed by atoms with van der Waals surface area (Å²) in [5.74, 6) is 3.95. The van der Waals surface area contributed by atoms with Crippen LogP contribution in [-0.4, -0.2) is 42.4 Å². The molecule has 1 N–H and O–H groups in total. The molecule has 1 aromatic carbocycles. The van der Waals surface area contributed by atoms with Crippen LogP contribution >= 0.6 is 15.9 Å². The number of aromatic nitrogens is 2. The molecule has 0 spiro atoms. The number of halogens is 1. The zero-order valence-electron chi connectivity index (χ0n) is 17.3. The molecule has 4 heterocycles. The van der Waals surface area contributed by atoms with Gasteiger partial charge >= 0.3 is 0 Å². The first-order valence-electron chi connectivity index (χ1n) is 10.8. The van der Waals surface area contributed by atoms with Crippen molar-refractivity contribution in [2.45, 2.75) is 25.7 Å². The smallest absolute Gasteiger partial charge is 0.229 e. The van der Waals surface area contributed by atoms with E-state index in [9.17, 15) is 0 Å². The molecule has 0 bridgehead atoms. The summed E-state index contributed by atoms with van der Waals surface area (Å²) in [6.07, 6.45) is 6.48. The minimum atomic E-state index is 0.680. The predicted molar refractivity (Wildman–Crippen MR) is 128 cm³/mol. The van der Waals surface area contributed by atoms with Crippen molar-refractivity contribution in [2.75, 3.05) is 41.4 Å². The quantitative estimate of drug-likeness (QED) is 0.388. The molecule has 3 aromatic rings. The molecule has 2 aliphatic heterocycles. The molecule has 7 nitrogen and oxygen atoms in total. The van der Waals surface area contributed by atoms with E-state index in [1.807, 2.05) is 42.5 Å². The lowest BCUT2D eigenvalue weighted by molar-refractivity contribution is 0.575. The molecule has 31 heavy (non-hydrogen) atoms. The van der Waals surface area contributed by atoms with Crippen molar-refractivity contribution < 1.29 is 4.42 Å². The Hall–Kier alpha value is -2.87. The molecule has 0 saturated carbocycles. The standard InChI is InChI=1S/C23H25BrN6O/c24-18-7-5-17(6-8-18)20-10-9-19(31-20)16-25-28-21-15-22(29-11-1-2-12-29)27-23(26-21)30-13-3-4-14-30/h5-10,15-16H,1-4,11-14H2,(H,26,27,28)/b25-16+. The van der Waals surface area contributed by atoms with Gasteiger partial charge in [-0.15, -0.1) is 0 Å². The van der Waals surface area contributed by atoms with E-state index in [-0.39, 0.29) is 0 Å². The third kappa shape index (κ3) is 4.74. The zero-order valence-corrected chi connectivity index (χ0v) is 18.9. The molecule has 2 saturated heterocycles. The summed E-state index contributed by atoms with van der Waals surface area (Å²) < 4.78 is 6.95. The summed E-state index contributed by atoms with van der Waals surface area (Å²) in [5.41, 5.74) is 4.10. The molecule has 0 aliphatic carbocycles. The lowest BCUT2D eigenvalue weighted by Gasteiger charge is -2.21. The molecule has 2 fully saturated rings. The highest BCUT2D eigenvalue weighted by Crippen LogP contribution is 2.26. The van der Waals surface area contributed by atoms with Crippen molar-refractivity contribution in [1.29, 1.82) is 0 Å². The van der Waals surface area contributed by atoms with Crippen LogP contribution in [0.4, 0.5) is 17.6 Å². The number of hydrogen-bond acceptors (Lipinski definition) is 7. The van der Waals surface area contributed by atoms with Crippen molar-refractivity contribution in [3.63, 3.8) is 0 Å². The third-order valence-electron chi connectivity index (χ3n) is 5.65. The predicted octanol–water partition coefficient (Wildman–Crippen LogP) is 5.15. The molecule has 2 aromatic heterocycles. The minimum Gasteiger partial charge on any atom is -0.455 e. The van der Waals surface area contributed by atoms with Crippen LogP contribution in [0, 0.1) is 0 Å². The van der Waals surface area contributed by atoms with Gasteiger partial charge in [-0.25, -0.2) is 0 Å². The number of hydrogen-bond donors (Lipinski definition) is 1. The van der Waals surface area contributed by atoms with Crippen molar-refractivity contribution in [3.05, 3.63) is 52.7 Å². The van der Waals surface area contributed by atoms with E-state index in [1.165, 1.54) is 25.7 Å². The maximum absolute atomic E-state index is 5.90. The van der Waals surface area contributed by atoms with Gasteiger partial charge in [0, 0.05) is 42.3 Å². The first-order valence-corrected chi connectivity index (χ1v) is 11.6. The molecular weight excluding hydrogens is 456 g/mol. The largest absolute Gasteiger partial charge is 0.455 e. The van der Waals surface area contributed by atoms with Gasteiger partial charge in [0.1, 0.15) is 17.3 Å².